The number of hydrogen-bond acceptors (Lipinski definition) is 4. The van der Waals surface area contributed by atoms with Gasteiger partial charge in [0.15, 0.2) is 0 Å². The van der Waals surface area contributed by atoms with E-state index in [1.165, 1.54) is 5.56 Å². The summed E-state index contributed by atoms with van der Waals surface area (Å²) in [7, 11) is 1.69. The average molecular weight is 252 g/mol. The highest BCUT2D eigenvalue weighted by Crippen LogP contribution is 2.16. The van der Waals surface area contributed by atoms with Crippen LogP contribution in [-0.4, -0.2) is 31.9 Å². The lowest BCUT2D eigenvalue weighted by Gasteiger charge is -2.14. The first-order chi connectivity index (χ1) is 8.77. The minimum Gasteiger partial charge on any atom is -0.478 e. The van der Waals surface area contributed by atoms with Gasteiger partial charge in [0.05, 0.1) is 6.61 Å². The number of pyridine rings is 1. The minimum absolute atomic E-state index is 0.328. The fourth-order valence-electron chi connectivity index (χ4n) is 1.63. The topological polar surface area (TPSA) is 43.4 Å². The van der Waals surface area contributed by atoms with Crippen LogP contribution in [0.4, 0.5) is 0 Å². The van der Waals surface area contributed by atoms with E-state index in [4.69, 9.17) is 9.47 Å². The van der Waals surface area contributed by atoms with Gasteiger partial charge in [0.1, 0.15) is 0 Å². The van der Waals surface area contributed by atoms with Crippen molar-refractivity contribution in [3.8, 4) is 5.88 Å². The quantitative estimate of drug-likeness (QED) is 0.686. The number of hydrogen-bond donors (Lipinski definition) is 1. The summed E-state index contributed by atoms with van der Waals surface area (Å²) in [6, 6.07) is 4.35. The SMILES string of the molecule is CCCNC(C)c1ccnc(OCCCOC)c1. The Bertz CT molecular complexity index is 331. The molecule has 0 bridgehead atoms. The van der Waals surface area contributed by atoms with E-state index in [1.54, 1.807) is 13.3 Å². The van der Waals surface area contributed by atoms with E-state index >= 15 is 0 Å². The summed E-state index contributed by atoms with van der Waals surface area (Å²) in [5, 5.41) is 3.45. The fourth-order valence-corrected chi connectivity index (χ4v) is 1.63. The van der Waals surface area contributed by atoms with Crippen LogP contribution < -0.4 is 10.1 Å². The summed E-state index contributed by atoms with van der Waals surface area (Å²) in [5.74, 6) is 0.689. The van der Waals surface area contributed by atoms with E-state index in [1.807, 2.05) is 12.1 Å². The molecule has 1 atom stereocenters. The number of methoxy groups -OCH3 is 1. The number of ether oxygens (including phenoxy) is 2. The molecule has 0 amide bonds. The Labute approximate surface area is 110 Å². The van der Waals surface area contributed by atoms with Crippen LogP contribution in [0.25, 0.3) is 0 Å². The van der Waals surface area contributed by atoms with Gasteiger partial charge in [0, 0.05) is 38.4 Å². The molecular weight excluding hydrogens is 228 g/mol. The third kappa shape index (κ3) is 5.47. The molecule has 0 aliphatic heterocycles. The molecule has 0 saturated heterocycles. The number of rotatable bonds is 9. The lowest BCUT2D eigenvalue weighted by atomic mass is 10.1. The van der Waals surface area contributed by atoms with Gasteiger partial charge in [-0.2, -0.15) is 0 Å². The van der Waals surface area contributed by atoms with Crippen LogP contribution in [0, 0.1) is 0 Å². The Morgan fingerprint density at radius 2 is 2.22 bits per heavy atom. The van der Waals surface area contributed by atoms with Crippen molar-refractivity contribution >= 4 is 0 Å². The van der Waals surface area contributed by atoms with Crippen LogP contribution in [0.15, 0.2) is 18.3 Å². The van der Waals surface area contributed by atoms with Gasteiger partial charge in [-0.15, -0.1) is 0 Å². The number of aromatic nitrogens is 1. The Kier molecular flexibility index (Phi) is 7.37. The Hall–Kier alpha value is -1.13. The molecule has 4 heteroatoms. The van der Waals surface area contributed by atoms with Crippen LogP contribution in [0.1, 0.15) is 38.3 Å². The molecule has 4 nitrogen and oxygen atoms in total. The second kappa shape index (κ2) is 8.89. The molecule has 1 aromatic rings. The number of nitrogens with one attached hydrogen (secondary N) is 1. The Morgan fingerprint density at radius 1 is 1.39 bits per heavy atom. The summed E-state index contributed by atoms with van der Waals surface area (Å²) in [6.45, 7) is 6.69. The predicted molar refractivity (Wildman–Crippen MR) is 72.9 cm³/mol. The first-order valence-corrected chi connectivity index (χ1v) is 6.59. The molecule has 1 rings (SSSR count). The van der Waals surface area contributed by atoms with Gasteiger partial charge in [0.25, 0.3) is 0 Å². The fraction of sp³-hybridized carbons (Fsp3) is 0.643. The van der Waals surface area contributed by atoms with Crippen LogP contribution in [-0.2, 0) is 4.74 Å². The first kappa shape index (κ1) is 14.9. The number of nitrogens with zero attached hydrogens (tertiary/aromatic N) is 1. The maximum Gasteiger partial charge on any atom is 0.213 e. The van der Waals surface area contributed by atoms with Crippen LogP contribution >= 0.6 is 0 Å². The molecule has 1 aromatic heterocycles. The zero-order valence-electron chi connectivity index (χ0n) is 11.6. The van der Waals surface area contributed by atoms with E-state index < -0.39 is 0 Å². The van der Waals surface area contributed by atoms with E-state index in [2.05, 4.69) is 24.1 Å². The molecule has 18 heavy (non-hydrogen) atoms. The minimum atomic E-state index is 0.328. The van der Waals surface area contributed by atoms with Gasteiger partial charge in [-0.25, -0.2) is 4.98 Å². The van der Waals surface area contributed by atoms with Crippen molar-refractivity contribution in [1.82, 2.24) is 10.3 Å². The molecular formula is C14H24N2O2. The Morgan fingerprint density at radius 3 is 2.94 bits per heavy atom. The van der Waals surface area contributed by atoms with Crippen molar-refractivity contribution in [3.05, 3.63) is 23.9 Å². The lowest BCUT2D eigenvalue weighted by Crippen LogP contribution is -2.19. The van der Waals surface area contributed by atoms with E-state index in [0.717, 1.165) is 19.4 Å². The molecule has 0 saturated carbocycles. The molecule has 1 N–H and O–H groups in total. The third-order valence-corrected chi connectivity index (χ3v) is 2.70. The van der Waals surface area contributed by atoms with Crippen molar-refractivity contribution in [2.24, 2.45) is 0 Å². The molecule has 0 radical (unpaired) electrons. The monoisotopic (exact) mass is 252 g/mol. The highest BCUT2D eigenvalue weighted by atomic mass is 16.5. The van der Waals surface area contributed by atoms with Crippen LogP contribution in [0.2, 0.25) is 0 Å². The molecule has 0 spiro atoms. The van der Waals surface area contributed by atoms with Crippen LogP contribution in [0.3, 0.4) is 0 Å². The maximum atomic E-state index is 5.58. The van der Waals surface area contributed by atoms with E-state index in [0.29, 0.717) is 25.1 Å². The zero-order valence-corrected chi connectivity index (χ0v) is 11.6. The normalized spacial score (nSPS) is 12.4. The van der Waals surface area contributed by atoms with Crippen molar-refractivity contribution in [2.45, 2.75) is 32.7 Å². The van der Waals surface area contributed by atoms with Gasteiger partial charge in [-0.3, -0.25) is 0 Å². The summed E-state index contributed by atoms with van der Waals surface area (Å²) in [6.07, 6.45) is 3.81. The molecule has 1 unspecified atom stereocenters. The van der Waals surface area contributed by atoms with Crippen molar-refractivity contribution in [1.29, 1.82) is 0 Å². The largest absolute Gasteiger partial charge is 0.478 e. The highest BCUT2D eigenvalue weighted by molar-refractivity contribution is 5.23. The van der Waals surface area contributed by atoms with Crippen molar-refractivity contribution < 1.29 is 9.47 Å². The highest BCUT2D eigenvalue weighted by Gasteiger charge is 2.05. The first-order valence-electron chi connectivity index (χ1n) is 6.59. The van der Waals surface area contributed by atoms with Crippen molar-refractivity contribution in [3.63, 3.8) is 0 Å². The summed E-state index contributed by atoms with van der Waals surface area (Å²) in [4.78, 5) is 4.21. The molecule has 0 aliphatic carbocycles. The van der Waals surface area contributed by atoms with Crippen molar-refractivity contribution in [2.75, 3.05) is 26.9 Å². The predicted octanol–water partition coefficient (Wildman–Crippen LogP) is 2.56. The van der Waals surface area contributed by atoms with Gasteiger partial charge < -0.3 is 14.8 Å². The van der Waals surface area contributed by atoms with Crippen LogP contribution in [0.5, 0.6) is 5.88 Å². The maximum absolute atomic E-state index is 5.58. The summed E-state index contributed by atoms with van der Waals surface area (Å²) in [5.41, 5.74) is 1.21. The smallest absolute Gasteiger partial charge is 0.213 e. The van der Waals surface area contributed by atoms with Gasteiger partial charge >= 0.3 is 0 Å². The van der Waals surface area contributed by atoms with E-state index in [9.17, 15) is 0 Å². The summed E-state index contributed by atoms with van der Waals surface area (Å²) >= 11 is 0. The molecule has 0 aliphatic rings. The van der Waals surface area contributed by atoms with Gasteiger partial charge in [-0.1, -0.05) is 6.92 Å². The average Bonchev–Trinajstić information content (AvgIpc) is 2.41. The molecule has 1 heterocycles. The second-order valence-corrected chi connectivity index (χ2v) is 4.30. The lowest BCUT2D eigenvalue weighted by molar-refractivity contribution is 0.170. The zero-order chi connectivity index (χ0) is 13.2. The Balaban J connectivity index is 2.45. The standard InChI is InChI=1S/C14H24N2O2/c1-4-7-15-12(2)13-6-8-16-14(11-13)18-10-5-9-17-3/h6,8,11-12,15H,4-5,7,9-10H2,1-3H3. The molecule has 0 aromatic carbocycles. The molecule has 0 fully saturated rings. The summed E-state index contributed by atoms with van der Waals surface area (Å²) < 4.78 is 10.6. The third-order valence-electron chi connectivity index (χ3n) is 2.70. The van der Waals surface area contributed by atoms with Gasteiger partial charge in [-0.05, 0) is 31.5 Å². The molecule has 102 valence electrons. The second-order valence-electron chi connectivity index (χ2n) is 4.30. The van der Waals surface area contributed by atoms with E-state index in [-0.39, 0.29) is 0 Å². The van der Waals surface area contributed by atoms with Gasteiger partial charge in [0.2, 0.25) is 5.88 Å².